The van der Waals surface area contributed by atoms with Crippen LogP contribution in [0.3, 0.4) is 0 Å². The molecule has 0 spiro atoms. The third kappa shape index (κ3) is 5.18. The van der Waals surface area contributed by atoms with Gasteiger partial charge in [-0.05, 0) is 63.1 Å². The molecule has 1 heterocycles. The topological polar surface area (TPSA) is 105 Å². The molecule has 0 aliphatic rings. The molecule has 0 bridgehead atoms. The zero-order valence-corrected chi connectivity index (χ0v) is 19.5. The van der Waals surface area contributed by atoms with Gasteiger partial charge in [-0.2, -0.15) is 0 Å². The number of anilines is 2. The average Bonchev–Trinajstić information content (AvgIpc) is 3.04. The summed E-state index contributed by atoms with van der Waals surface area (Å²) in [6, 6.07) is 9.63. The highest BCUT2D eigenvalue weighted by molar-refractivity contribution is 7.90. The standard InChI is InChI=1S/C22H23N3O4S2/c1-12-10-13(2)18(14(3)11-12)24-21(27)19-15(4)23-22(30-19)25-20(26)16-6-8-17(9-7-16)31(5,28)29/h6-11H,1-5H3,(H,24,27)(H,23,25,26). The fraction of sp³-hybridized carbons (Fsp3) is 0.227. The van der Waals surface area contributed by atoms with E-state index >= 15 is 0 Å². The number of hydrogen-bond donors (Lipinski definition) is 2. The SMILES string of the molecule is Cc1cc(C)c(NC(=O)c2sc(NC(=O)c3ccc(S(C)(=O)=O)cc3)nc2C)c(C)c1. The van der Waals surface area contributed by atoms with E-state index < -0.39 is 15.7 Å². The predicted octanol–water partition coefficient (Wildman–Crippen LogP) is 4.28. The number of carbonyl (C=O) groups excluding carboxylic acids is 2. The molecular weight excluding hydrogens is 434 g/mol. The number of carbonyl (C=O) groups is 2. The number of thiazole rings is 1. The van der Waals surface area contributed by atoms with Crippen LogP contribution >= 0.6 is 11.3 Å². The van der Waals surface area contributed by atoms with Crippen LogP contribution in [0.4, 0.5) is 10.8 Å². The van der Waals surface area contributed by atoms with Gasteiger partial charge in [0.25, 0.3) is 11.8 Å². The molecule has 0 radical (unpaired) electrons. The molecule has 0 aliphatic carbocycles. The summed E-state index contributed by atoms with van der Waals surface area (Å²) < 4.78 is 23.1. The van der Waals surface area contributed by atoms with Crippen LogP contribution in [0, 0.1) is 27.7 Å². The second-order valence-corrected chi connectivity index (χ2v) is 10.4. The minimum Gasteiger partial charge on any atom is -0.321 e. The minimum absolute atomic E-state index is 0.134. The summed E-state index contributed by atoms with van der Waals surface area (Å²) in [5, 5.41) is 5.90. The van der Waals surface area contributed by atoms with Gasteiger partial charge in [0.2, 0.25) is 0 Å². The molecule has 0 unspecified atom stereocenters. The van der Waals surface area contributed by atoms with E-state index in [0.29, 0.717) is 10.6 Å². The highest BCUT2D eigenvalue weighted by atomic mass is 32.2. The summed E-state index contributed by atoms with van der Waals surface area (Å²) in [7, 11) is -3.34. The highest BCUT2D eigenvalue weighted by Crippen LogP contribution is 2.27. The molecule has 3 rings (SSSR count). The lowest BCUT2D eigenvalue weighted by Gasteiger charge is -2.12. The Morgan fingerprint density at radius 3 is 2.03 bits per heavy atom. The summed E-state index contributed by atoms with van der Waals surface area (Å²) in [5.41, 5.74) is 4.62. The lowest BCUT2D eigenvalue weighted by Crippen LogP contribution is -2.13. The van der Waals surface area contributed by atoms with Crippen molar-refractivity contribution in [2.24, 2.45) is 0 Å². The number of aryl methyl sites for hydroxylation is 4. The smallest absolute Gasteiger partial charge is 0.267 e. The van der Waals surface area contributed by atoms with Gasteiger partial charge in [0.1, 0.15) is 4.88 Å². The molecule has 3 aromatic rings. The van der Waals surface area contributed by atoms with Crippen molar-refractivity contribution < 1.29 is 18.0 Å². The number of nitrogens with zero attached hydrogens (tertiary/aromatic N) is 1. The maximum Gasteiger partial charge on any atom is 0.267 e. The molecule has 162 valence electrons. The Morgan fingerprint density at radius 2 is 1.48 bits per heavy atom. The van der Waals surface area contributed by atoms with Crippen molar-refractivity contribution in [2.45, 2.75) is 32.6 Å². The summed E-state index contributed by atoms with van der Waals surface area (Å²) in [4.78, 5) is 30.1. The molecule has 7 nitrogen and oxygen atoms in total. The first-order valence-electron chi connectivity index (χ1n) is 9.44. The number of aromatic nitrogens is 1. The van der Waals surface area contributed by atoms with Crippen molar-refractivity contribution in [3.8, 4) is 0 Å². The van der Waals surface area contributed by atoms with Crippen molar-refractivity contribution in [3.05, 3.63) is 69.2 Å². The van der Waals surface area contributed by atoms with Gasteiger partial charge in [0.05, 0.1) is 10.6 Å². The van der Waals surface area contributed by atoms with E-state index in [1.807, 2.05) is 32.9 Å². The Kier molecular flexibility index (Phi) is 6.28. The van der Waals surface area contributed by atoms with E-state index in [-0.39, 0.29) is 21.5 Å². The quantitative estimate of drug-likeness (QED) is 0.595. The van der Waals surface area contributed by atoms with Gasteiger partial charge >= 0.3 is 0 Å². The normalized spacial score (nSPS) is 11.3. The van der Waals surface area contributed by atoms with Crippen LogP contribution in [0.5, 0.6) is 0 Å². The molecular formula is C22H23N3O4S2. The summed E-state index contributed by atoms with van der Waals surface area (Å²) >= 11 is 1.08. The van der Waals surface area contributed by atoms with Gasteiger partial charge in [0, 0.05) is 17.5 Å². The molecule has 0 saturated heterocycles. The van der Waals surface area contributed by atoms with Crippen LogP contribution < -0.4 is 10.6 Å². The first-order valence-corrected chi connectivity index (χ1v) is 12.1. The molecule has 2 amide bonds. The van der Waals surface area contributed by atoms with Crippen LogP contribution in [-0.4, -0.2) is 31.5 Å². The van der Waals surface area contributed by atoms with E-state index in [1.54, 1.807) is 6.92 Å². The van der Waals surface area contributed by atoms with Crippen molar-refractivity contribution in [1.29, 1.82) is 0 Å². The van der Waals surface area contributed by atoms with E-state index in [1.165, 1.54) is 24.3 Å². The number of benzene rings is 2. The lowest BCUT2D eigenvalue weighted by molar-refractivity contribution is 0.102. The summed E-state index contributed by atoms with van der Waals surface area (Å²) in [6.07, 6.45) is 1.10. The van der Waals surface area contributed by atoms with Crippen LogP contribution in [0.25, 0.3) is 0 Å². The number of nitrogens with one attached hydrogen (secondary N) is 2. The minimum atomic E-state index is -3.34. The monoisotopic (exact) mass is 457 g/mol. The van der Waals surface area contributed by atoms with Crippen molar-refractivity contribution in [3.63, 3.8) is 0 Å². The molecule has 9 heteroatoms. The van der Waals surface area contributed by atoms with E-state index in [9.17, 15) is 18.0 Å². The van der Waals surface area contributed by atoms with Crippen LogP contribution in [0.1, 0.15) is 42.4 Å². The molecule has 31 heavy (non-hydrogen) atoms. The number of sulfone groups is 1. The summed E-state index contributed by atoms with van der Waals surface area (Å²) in [5.74, 6) is -0.728. The maximum atomic E-state index is 12.8. The first-order chi connectivity index (χ1) is 14.5. The lowest BCUT2D eigenvalue weighted by atomic mass is 10.1. The van der Waals surface area contributed by atoms with Crippen LogP contribution in [-0.2, 0) is 9.84 Å². The maximum absolute atomic E-state index is 12.8. The van der Waals surface area contributed by atoms with Gasteiger partial charge < -0.3 is 5.32 Å². The van der Waals surface area contributed by atoms with Crippen molar-refractivity contribution >= 4 is 43.8 Å². The fourth-order valence-electron chi connectivity index (χ4n) is 3.23. The Bertz CT molecular complexity index is 1250. The Morgan fingerprint density at radius 1 is 0.903 bits per heavy atom. The van der Waals surface area contributed by atoms with E-state index in [0.717, 1.165) is 40.0 Å². The number of rotatable bonds is 5. The number of hydrogen-bond acceptors (Lipinski definition) is 6. The highest BCUT2D eigenvalue weighted by Gasteiger charge is 2.19. The third-order valence-electron chi connectivity index (χ3n) is 4.68. The van der Waals surface area contributed by atoms with Crippen molar-refractivity contribution in [2.75, 3.05) is 16.9 Å². The molecule has 0 fully saturated rings. The predicted molar refractivity (Wildman–Crippen MR) is 123 cm³/mol. The van der Waals surface area contributed by atoms with Gasteiger partial charge in [-0.25, -0.2) is 13.4 Å². The van der Waals surface area contributed by atoms with Gasteiger partial charge in [-0.1, -0.05) is 29.0 Å². The Balaban J connectivity index is 1.76. The van der Waals surface area contributed by atoms with Gasteiger partial charge in [-0.15, -0.1) is 0 Å². The second kappa shape index (κ2) is 8.60. The summed E-state index contributed by atoms with van der Waals surface area (Å²) in [6.45, 7) is 7.59. The zero-order chi connectivity index (χ0) is 22.9. The molecule has 2 aromatic carbocycles. The van der Waals surface area contributed by atoms with E-state index in [2.05, 4.69) is 15.6 Å². The third-order valence-corrected chi connectivity index (χ3v) is 6.88. The largest absolute Gasteiger partial charge is 0.321 e. The molecule has 0 atom stereocenters. The van der Waals surface area contributed by atoms with Crippen LogP contribution in [0.15, 0.2) is 41.3 Å². The van der Waals surface area contributed by atoms with Gasteiger partial charge in [-0.3, -0.25) is 14.9 Å². The van der Waals surface area contributed by atoms with Crippen LogP contribution in [0.2, 0.25) is 0 Å². The zero-order valence-electron chi connectivity index (χ0n) is 17.9. The molecule has 0 aliphatic heterocycles. The van der Waals surface area contributed by atoms with Crippen molar-refractivity contribution in [1.82, 2.24) is 4.98 Å². The number of amides is 2. The fourth-order valence-corrected chi connectivity index (χ4v) is 4.72. The van der Waals surface area contributed by atoms with Gasteiger partial charge in [0.15, 0.2) is 15.0 Å². The Labute approximate surface area is 185 Å². The Hall–Kier alpha value is -3.04. The van der Waals surface area contributed by atoms with E-state index in [4.69, 9.17) is 0 Å². The second-order valence-electron chi connectivity index (χ2n) is 7.41. The molecule has 0 saturated carbocycles. The molecule has 1 aromatic heterocycles. The molecule has 2 N–H and O–H groups in total. The first kappa shape index (κ1) is 22.6. The average molecular weight is 458 g/mol.